The maximum Gasteiger partial charge on any atom is 0.298 e. The van der Waals surface area contributed by atoms with Gasteiger partial charge in [-0.3, -0.25) is 4.79 Å². The molecule has 0 radical (unpaired) electrons. The number of anilines is 1. The SMILES string of the molecule is Cc1ccc(Cc2nsc(Oc3ccc(C(=O)Nc4ccc(C)cc4)cc3)n2)cc1. The molecule has 150 valence electrons. The Morgan fingerprint density at radius 2 is 1.53 bits per heavy atom. The normalized spacial score (nSPS) is 10.6. The molecule has 0 aliphatic rings. The fourth-order valence-electron chi connectivity index (χ4n) is 2.86. The van der Waals surface area contributed by atoms with Gasteiger partial charge in [-0.15, -0.1) is 0 Å². The van der Waals surface area contributed by atoms with Gasteiger partial charge < -0.3 is 10.1 Å². The van der Waals surface area contributed by atoms with Crippen LogP contribution in [0.3, 0.4) is 0 Å². The zero-order chi connectivity index (χ0) is 20.9. The molecule has 0 spiro atoms. The van der Waals surface area contributed by atoms with Gasteiger partial charge in [-0.25, -0.2) is 0 Å². The van der Waals surface area contributed by atoms with Gasteiger partial charge in [-0.2, -0.15) is 9.36 Å². The maximum absolute atomic E-state index is 12.4. The Morgan fingerprint density at radius 3 is 2.20 bits per heavy atom. The predicted molar refractivity (Wildman–Crippen MR) is 120 cm³/mol. The van der Waals surface area contributed by atoms with Crippen molar-refractivity contribution in [1.29, 1.82) is 0 Å². The Hall–Kier alpha value is -3.51. The largest absolute Gasteiger partial charge is 0.430 e. The van der Waals surface area contributed by atoms with Crippen LogP contribution in [0.15, 0.2) is 72.8 Å². The van der Waals surface area contributed by atoms with Crippen molar-refractivity contribution < 1.29 is 9.53 Å². The molecule has 0 unspecified atom stereocenters. The minimum Gasteiger partial charge on any atom is -0.430 e. The van der Waals surface area contributed by atoms with Crippen molar-refractivity contribution in [3.63, 3.8) is 0 Å². The number of ether oxygens (including phenoxy) is 1. The van der Waals surface area contributed by atoms with Gasteiger partial charge in [0.15, 0.2) is 5.82 Å². The second-order valence-corrected chi connectivity index (χ2v) is 7.80. The van der Waals surface area contributed by atoms with Gasteiger partial charge in [0.05, 0.1) is 0 Å². The second kappa shape index (κ2) is 8.88. The van der Waals surface area contributed by atoms with E-state index in [0.717, 1.165) is 22.6 Å². The van der Waals surface area contributed by atoms with Crippen molar-refractivity contribution >= 4 is 23.1 Å². The van der Waals surface area contributed by atoms with Crippen LogP contribution in [0.1, 0.15) is 32.9 Å². The summed E-state index contributed by atoms with van der Waals surface area (Å²) < 4.78 is 10.2. The van der Waals surface area contributed by atoms with E-state index in [1.165, 1.54) is 17.1 Å². The molecule has 30 heavy (non-hydrogen) atoms. The number of carbonyl (C=O) groups excluding carboxylic acids is 1. The predicted octanol–water partition coefficient (Wildman–Crippen LogP) is 5.79. The molecule has 5 nitrogen and oxygen atoms in total. The average Bonchev–Trinajstić information content (AvgIpc) is 3.18. The molecule has 3 aromatic carbocycles. The molecule has 0 fully saturated rings. The van der Waals surface area contributed by atoms with Gasteiger partial charge in [0.2, 0.25) is 0 Å². The van der Waals surface area contributed by atoms with Crippen LogP contribution in [0.2, 0.25) is 0 Å². The van der Waals surface area contributed by atoms with E-state index in [4.69, 9.17) is 4.74 Å². The summed E-state index contributed by atoms with van der Waals surface area (Å²) in [5.41, 5.74) is 4.85. The minimum absolute atomic E-state index is 0.165. The summed E-state index contributed by atoms with van der Waals surface area (Å²) in [6.07, 6.45) is 0.665. The van der Waals surface area contributed by atoms with Crippen LogP contribution in [0.4, 0.5) is 5.69 Å². The highest BCUT2D eigenvalue weighted by Gasteiger charge is 2.10. The lowest BCUT2D eigenvalue weighted by Gasteiger charge is -2.06. The number of nitrogens with zero attached hydrogens (tertiary/aromatic N) is 2. The Kier molecular flexibility index (Phi) is 5.86. The Labute approximate surface area is 179 Å². The number of aromatic nitrogens is 2. The summed E-state index contributed by atoms with van der Waals surface area (Å²) >= 11 is 1.22. The van der Waals surface area contributed by atoms with Crippen molar-refractivity contribution in [2.24, 2.45) is 0 Å². The molecule has 0 saturated carbocycles. The van der Waals surface area contributed by atoms with Crippen molar-refractivity contribution in [3.05, 3.63) is 101 Å². The van der Waals surface area contributed by atoms with Crippen molar-refractivity contribution in [1.82, 2.24) is 9.36 Å². The highest BCUT2D eigenvalue weighted by atomic mass is 32.1. The molecule has 1 amide bonds. The molecule has 0 aliphatic heterocycles. The van der Waals surface area contributed by atoms with Crippen molar-refractivity contribution in [2.45, 2.75) is 20.3 Å². The van der Waals surface area contributed by atoms with E-state index in [9.17, 15) is 4.79 Å². The molecule has 4 aromatic rings. The van der Waals surface area contributed by atoms with E-state index >= 15 is 0 Å². The third-order valence-electron chi connectivity index (χ3n) is 4.56. The number of hydrogen-bond acceptors (Lipinski definition) is 5. The standard InChI is InChI=1S/C24H21N3O2S/c1-16-3-7-18(8-4-16)15-22-26-24(30-27-22)29-21-13-9-19(10-14-21)23(28)25-20-11-5-17(2)6-12-20/h3-14H,15H2,1-2H3,(H,25,28). The molecule has 0 bridgehead atoms. The molecule has 6 heteroatoms. The number of nitrogens with one attached hydrogen (secondary N) is 1. The molecule has 1 aromatic heterocycles. The zero-order valence-corrected chi connectivity index (χ0v) is 17.6. The van der Waals surface area contributed by atoms with Crippen LogP contribution in [0.5, 0.6) is 10.9 Å². The summed E-state index contributed by atoms with van der Waals surface area (Å²) in [6.45, 7) is 4.07. The lowest BCUT2D eigenvalue weighted by molar-refractivity contribution is 0.102. The van der Waals surface area contributed by atoms with Gasteiger partial charge >= 0.3 is 0 Å². The number of aryl methyl sites for hydroxylation is 2. The number of benzene rings is 3. The Balaban J connectivity index is 1.36. The van der Waals surface area contributed by atoms with E-state index in [0.29, 0.717) is 22.9 Å². The van der Waals surface area contributed by atoms with E-state index < -0.39 is 0 Å². The lowest BCUT2D eigenvalue weighted by atomic mass is 10.1. The first kappa shape index (κ1) is 19.8. The van der Waals surface area contributed by atoms with Crippen molar-refractivity contribution in [2.75, 3.05) is 5.32 Å². The molecule has 1 N–H and O–H groups in total. The lowest BCUT2D eigenvalue weighted by Crippen LogP contribution is -2.11. The van der Waals surface area contributed by atoms with Crippen LogP contribution in [0.25, 0.3) is 0 Å². The third-order valence-corrected chi connectivity index (χ3v) is 5.20. The molecule has 0 saturated heterocycles. The number of rotatable bonds is 6. The fourth-order valence-corrected chi connectivity index (χ4v) is 3.42. The molecule has 1 heterocycles. The van der Waals surface area contributed by atoms with Crippen LogP contribution in [0, 0.1) is 13.8 Å². The highest BCUT2D eigenvalue weighted by molar-refractivity contribution is 7.07. The quantitative estimate of drug-likeness (QED) is 0.433. The summed E-state index contributed by atoms with van der Waals surface area (Å²) in [6, 6.07) is 23.0. The monoisotopic (exact) mass is 415 g/mol. The Morgan fingerprint density at radius 1 is 0.900 bits per heavy atom. The topological polar surface area (TPSA) is 64.1 Å². The molecule has 4 rings (SSSR count). The van der Waals surface area contributed by atoms with E-state index in [-0.39, 0.29) is 5.91 Å². The van der Waals surface area contributed by atoms with Crippen LogP contribution < -0.4 is 10.1 Å². The molecular formula is C24H21N3O2S. The van der Waals surface area contributed by atoms with E-state index in [1.807, 2.05) is 31.2 Å². The minimum atomic E-state index is -0.165. The van der Waals surface area contributed by atoms with Crippen LogP contribution >= 0.6 is 11.5 Å². The maximum atomic E-state index is 12.4. The van der Waals surface area contributed by atoms with Gasteiger partial charge in [-0.05, 0) is 55.8 Å². The summed E-state index contributed by atoms with van der Waals surface area (Å²) in [7, 11) is 0. The van der Waals surface area contributed by atoms with Gasteiger partial charge in [0.25, 0.3) is 11.1 Å². The first-order valence-corrected chi connectivity index (χ1v) is 10.4. The van der Waals surface area contributed by atoms with Gasteiger partial charge in [0, 0.05) is 29.2 Å². The highest BCUT2D eigenvalue weighted by Crippen LogP contribution is 2.24. The van der Waals surface area contributed by atoms with E-state index in [1.54, 1.807) is 24.3 Å². The van der Waals surface area contributed by atoms with Gasteiger partial charge in [0.1, 0.15) is 5.75 Å². The average molecular weight is 416 g/mol. The Bertz CT molecular complexity index is 1130. The fraction of sp³-hybridized carbons (Fsp3) is 0.125. The number of amides is 1. The zero-order valence-electron chi connectivity index (χ0n) is 16.8. The molecular weight excluding hydrogens is 394 g/mol. The van der Waals surface area contributed by atoms with Crippen LogP contribution in [-0.2, 0) is 6.42 Å². The first-order valence-electron chi connectivity index (χ1n) is 9.59. The summed E-state index contributed by atoms with van der Waals surface area (Å²) in [5, 5.41) is 3.36. The van der Waals surface area contributed by atoms with Gasteiger partial charge in [-0.1, -0.05) is 47.5 Å². The van der Waals surface area contributed by atoms with Crippen molar-refractivity contribution in [3.8, 4) is 10.9 Å². The first-order chi connectivity index (χ1) is 14.5. The number of hydrogen-bond donors (Lipinski definition) is 1. The molecule has 0 aliphatic carbocycles. The second-order valence-electron chi connectivity index (χ2n) is 7.09. The number of carbonyl (C=O) groups is 1. The summed E-state index contributed by atoms with van der Waals surface area (Å²) in [5.74, 6) is 1.18. The summed E-state index contributed by atoms with van der Waals surface area (Å²) in [4.78, 5) is 16.8. The molecule has 0 atom stereocenters. The van der Waals surface area contributed by atoms with Crippen LogP contribution in [-0.4, -0.2) is 15.3 Å². The van der Waals surface area contributed by atoms with E-state index in [2.05, 4.69) is 45.9 Å². The third kappa shape index (κ3) is 5.10. The smallest absolute Gasteiger partial charge is 0.298 e.